The first-order valence-electron chi connectivity index (χ1n) is 14.3. The third kappa shape index (κ3) is 6.83. The average molecular weight is 605 g/mol. The minimum Gasteiger partial charge on any atom is -0.378 e. The molecule has 0 aliphatic carbocycles. The number of anilines is 2. The molecule has 0 radical (unpaired) electrons. The summed E-state index contributed by atoms with van der Waals surface area (Å²) < 4.78 is 49.1. The maximum Gasteiger partial charge on any atom is 0.416 e. The summed E-state index contributed by atoms with van der Waals surface area (Å²) in [5, 5.41) is 7.27. The molecule has 1 aromatic carbocycles. The lowest BCUT2D eigenvalue weighted by Gasteiger charge is -2.33. The molecule has 10 nitrogen and oxygen atoms in total. The van der Waals surface area contributed by atoms with Gasteiger partial charge in [-0.2, -0.15) is 13.2 Å². The van der Waals surface area contributed by atoms with Gasteiger partial charge >= 0.3 is 6.18 Å². The van der Waals surface area contributed by atoms with Gasteiger partial charge in [-0.3, -0.25) is 14.7 Å². The first kappa shape index (κ1) is 29.6. The Bertz CT molecular complexity index is 1710. The number of aromatic nitrogens is 4. The van der Waals surface area contributed by atoms with Gasteiger partial charge in [0.15, 0.2) is 5.65 Å². The Morgan fingerprint density at radius 2 is 1.77 bits per heavy atom. The van der Waals surface area contributed by atoms with Gasteiger partial charge in [0.05, 0.1) is 30.5 Å². The fraction of sp³-hybridized carbons (Fsp3) is 0.355. The predicted molar refractivity (Wildman–Crippen MR) is 158 cm³/mol. The number of imidazole rings is 1. The SMILES string of the molecule is CN1CCN(Cc2ccc(NC(=O)c3cncc(C#Cc4cnc5ccc(N6CCOCC6)nn45)c3)cc2C(F)(F)F)CC1. The van der Waals surface area contributed by atoms with Crippen LogP contribution in [0.5, 0.6) is 0 Å². The summed E-state index contributed by atoms with van der Waals surface area (Å²) in [6.07, 6.45) is -0.0881. The fourth-order valence-electron chi connectivity index (χ4n) is 5.18. The van der Waals surface area contributed by atoms with Crippen molar-refractivity contribution in [2.75, 3.05) is 69.7 Å². The number of pyridine rings is 1. The predicted octanol–water partition coefficient (Wildman–Crippen LogP) is 3.38. The number of likely N-dealkylation sites (N-methyl/N-ethyl adjacent to an activating group) is 1. The second-order valence-electron chi connectivity index (χ2n) is 10.8. The monoisotopic (exact) mass is 604 g/mol. The van der Waals surface area contributed by atoms with E-state index in [4.69, 9.17) is 4.74 Å². The minimum absolute atomic E-state index is 0.0498. The van der Waals surface area contributed by atoms with Crippen molar-refractivity contribution in [2.24, 2.45) is 0 Å². The molecule has 0 saturated carbocycles. The highest BCUT2D eigenvalue weighted by molar-refractivity contribution is 6.04. The normalized spacial score (nSPS) is 16.5. The standard InChI is InChI=1S/C31H31F3N8O2/c1-39-8-10-40(11-9-39)21-23-3-4-25(17-27(23)31(32,33)34)37-30(43)24-16-22(18-35-19-24)2-5-26-20-36-28-6-7-29(38-42(26)28)41-12-14-44-15-13-41/h3-4,6-7,16-20H,8-15,21H2,1H3,(H,37,43). The molecular formula is C31H31F3N8O2. The Hall–Kier alpha value is -4.51. The van der Waals surface area contributed by atoms with E-state index in [0.717, 1.165) is 38.1 Å². The molecule has 0 bridgehead atoms. The molecule has 13 heteroatoms. The first-order valence-corrected chi connectivity index (χ1v) is 14.3. The summed E-state index contributed by atoms with van der Waals surface area (Å²) in [5.41, 5.74) is 1.29. The van der Waals surface area contributed by atoms with Gasteiger partial charge in [0.1, 0.15) is 11.5 Å². The summed E-state index contributed by atoms with van der Waals surface area (Å²) in [7, 11) is 1.99. The molecule has 44 heavy (non-hydrogen) atoms. The first-order chi connectivity index (χ1) is 21.2. The zero-order chi connectivity index (χ0) is 30.7. The number of carbonyl (C=O) groups is 1. The van der Waals surface area contributed by atoms with Gasteiger partial charge < -0.3 is 19.9 Å². The average Bonchev–Trinajstić information content (AvgIpc) is 3.44. The van der Waals surface area contributed by atoms with E-state index in [1.807, 2.05) is 24.1 Å². The quantitative estimate of drug-likeness (QED) is 0.347. The van der Waals surface area contributed by atoms with E-state index in [0.29, 0.717) is 43.2 Å². The van der Waals surface area contributed by atoms with Crippen LogP contribution in [-0.2, 0) is 17.5 Å². The third-order valence-electron chi connectivity index (χ3n) is 7.68. The Kier molecular flexibility index (Phi) is 8.47. The van der Waals surface area contributed by atoms with Crippen molar-refractivity contribution in [3.8, 4) is 11.8 Å². The number of hydrogen-bond acceptors (Lipinski definition) is 8. The van der Waals surface area contributed by atoms with Crippen LogP contribution in [0.2, 0.25) is 0 Å². The van der Waals surface area contributed by atoms with Crippen LogP contribution in [0.15, 0.2) is 55.0 Å². The number of ether oxygens (including phenoxy) is 1. The van der Waals surface area contributed by atoms with Gasteiger partial charge in [0, 0.05) is 69.5 Å². The second kappa shape index (κ2) is 12.6. The Labute approximate surface area is 252 Å². The Morgan fingerprint density at radius 3 is 2.55 bits per heavy atom. The van der Waals surface area contributed by atoms with Crippen LogP contribution < -0.4 is 10.2 Å². The number of fused-ring (bicyclic) bond motifs is 1. The molecule has 2 aliphatic rings. The fourth-order valence-corrected chi connectivity index (χ4v) is 5.18. The number of nitrogens with zero attached hydrogens (tertiary/aromatic N) is 7. The van der Waals surface area contributed by atoms with Crippen molar-refractivity contribution in [1.29, 1.82) is 0 Å². The number of alkyl halides is 3. The van der Waals surface area contributed by atoms with Crippen LogP contribution in [-0.4, -0.2) is 94.8 Å². The third-order valence-corrected chi connectivity index (χ3v) is 7.68. The van der Waals surface area contributed by atoms with Crippen LogP contribution in [0, 0.1) is 11.8 Å². The van der Waals surface area contributed by atoms with Gasteiger partial charge in [-0.1, -0.05) is 12.0 Å². The van der Waals surface area contributed by atoms with Crippen molar-refractivity contribution in [2.45, 2.75) is 12.7 Å². The highest BCUT2D eigenvalue weighted by Crippen LogP contribution is 2.34. The maximum absolute atomic E-state index is 14.0. The van der Waals surface area contributed by atoms with E-state index in [2.05, 4.69) is 42.0 Å². The smallest absolute Gasteiger partial charge is 0.378 e. The molecule has 0 atom stereocenters. The van der Waals surface area contributed by atoms with Gasteiger partial charge in [-0.25, -0.2) is 9.50 Å². The van der Waals surface area contributed by atoms with E-state index in [1.165, 1.54) is 30.6 Å². The molecule has 5 heterocycles. The topological polar surface area (TPSA) is 91.1 Å². The largest absolute Gasteiger partial charge is 0.416 e. The summed E-state index contributed by atoms with van der Waals surface area (Å²) in [6, 6.07) is 9.25. The maximum atomic E-state index is 14.0. The summed E-state index contributed by atoms with van der Waals surface area (Å²) in [5.74, 6) is 6.23. The van der Waals surface area contributed by atoms with Gasteiger partial charge in [-0.05, 0) is 48.9 Å². The van der Waals surface area contributed by atoms with Crippen LogP contribution in [0.25, 0.3) is 5.65 Å². The number of rotatable bonds is 5. The highest BCUT2D eigenvalue weighted by atomic mass is 19.4. The second-order valence-corrected chi connectivity index (χ2v) is 10.8. The van der Waals surface area contributed by atoms with E-state index < -0.39 is 17.6 Å². The lowest BCUT2D eigenvalue weighted by Crippen LogP contribution is -2.44. The molecule has 228 valence electrons. The van der Waals surface area contributed by atoms with Crippen LogP contribution in [0.3, 0.4) is 0 Å². The molecule has 2 saturated heterocycles. The van der Waals surface area contributed by atoms with E-state index in [1.54, 1.807) is 10.7 Å². The molecule has 2 aliphatic heterocycles. The molecule has 1 amide bonds. The number of carbonyl (C=O) groups excluding carboxylic acids is 1. The summed E-state index contributed by atoms with van der Waals surface area (Å²) >= 11 is 0. The van der Waals surface area contributed by atoms with Crippen molar-refractivity contribution in [3.05, 3.63) is 82.9 Å². The van der Waals surface area contributed by atoms with E-state index in [-0.39, 0.29) is 23.4 Å². The molecular weight excluding hydrogens is 573 g/mol. The van der Waals surface area contributed by atoms with Crippen molar-refractivity contribution in [1.82, 2.24) is 29.4 Å². The van der Waals surface area contributed by atoms with Crippen molar-refractivity contribution < 1.29 is 22.7 Å². The lowest BCUT2D eigenvalue weighted by molar-refractivity contribution is -0.138. The van der Waals surface area contributed by atoms with Crippen LogP contribution >= 0.6 is 0 Å². The summed E-state index contributed by atoms with van der Waals surface area (Å²) in [4.78, 5) is 27.8. The van der Waals surface area contributed by atoms with E-state index in [9.17, 15) is 18.0 Å². The van der Waals surface area contributed by atoms with Crippen molar-refractivity contribution in [3.63, 3.8) is 0 Å². The number of piperazine rings is 1. The molecule has 0 spiro atoms. The Balaban J connectivity index is 1.17. The number of morpholine rings is 1. The Morgan fingerprint density at radius 1 is 0.977 bits per heavy atom. The van der Waals surface area contributed by atoms with Gasteiger partial charge in [0.25, 0.3) is 5.91 Å². The molecule has 3 aromatic heterocycles. The molecule has 1 N–H and O–H groups in total. The number of nitrogens with one attached hydrogen (secondary N) is 1. The number of amides is 1. The van der Waals surface area contributed by atoms with Gasteiger partial charge in [0.2, 0.25) is 0 Å². The minimum atomic E-state index is -4.56. The molecule has 6 rings (SSSR count). The van der Waals surface area contributed by atoms with Crippen molar-refractivity contribution >= 4 is 23.1 Å². The van der Waals surface area contributed by atoms with Gasteiger partial charge in [-0.15, -0.1) is 5.10 Å². The zero-order valence-corrected chi connectivity index (χ0v) is 24.1. The lowest BCUT2D eigenvalue weighted by atomic mass is 10.0. The number of hydrogen-bond donors (Lipinski definition) is 1. The molecule has 2 fully saturated rings. The van der Waals surface area contributed by atoms with E-state index >= 15 is 0 Å². The highest BCUT2D eigenvalue weighted by Gasteiger charge is 2.34. The number of halogens is 3. The summed E-state index contributed by atoms with van der Waals surface area (Å²) in [6.45, 7) is 5.96. The molecule has 0 unspecified atom stereocenters. The number of benzene rings is 1. The van der Waals surface area contributed by atoms with Crippen LogP contribution in [0.4, 0.5) is 24.7 Å². The van der Waals surface area contributed by atoms with Crippen LogP contribution in [0.1, 0.15) is 32.7 Å². The zero-order valence-electron chi connectivity index (χ0n) is 24.1. The molecule has 4 aromatic rings.